The van der Waals surface area contributed by atoms with Crippen molar-refractivity contribution in [1.82, 2.24) is 10.6 Å². The summed E-state index contributed by atoms with van der Waals surface area (Å²) in [5, 5.41) is 16.1. The van der Waals surface area contributed by atoms with Crippen LogP contribution in [0.5, 0.6) is 5.75 Å². The van der Waals surface area contributed by atoms with Gasteiger partial charge in [-0.3, -0.25) is 4.79 Å². The van der Waals surface area contributed by atoms with E-state index in [2.05, 4.69) is 10.6 Å². The zero-order chi connectivity index (χ0) is 15.1. The van der Waals surface area contributed by atoms with Gasteiger partial charge in [0, 0.05) is 31.1 Å². The first-order chi connectivity index (χ1) is 10.2. The lowest BCUT2D eigenvalue weighted by atomic mass is 10.1. The molecule has 0 spiro atoms. The number of ether oxygens (including phenoxy) is 2. The van der Waals surface area contributed by atoms with Gasteiger partial charge in [0.05, 0.1) is 26.4 Å². The Morgan fingerprint density at radius 3 is 3.00 bits per heavy atom. The van der Waals surface area contributed by atoms with Gasteiger partial charge in [0.15, 0.2) is 0 Å². The highest BCUT2D eigenvalue weighted by Gasteiger charge is 2.18. The highest BCUT2D eigenvalue weighted by atomic mass is 35.5. The molecule has 2 atom stereocenters. The number of rotatable bonds is 6. The van der Waals surface area contributed by atoms with Crippen LogP contribution in [0.25, 0.3) is 0 Å². The molecule has 1 heterocycles. The Kier molecular flexibility index (Phi) is 8.19. The molecule has 2 unspecified atom stereocenters. The number of amides is 1. The van der Waals surface area contributed by atoms with Gasteiger partial charge >= 0.3 is 0 Å². The van der Waals surface area contributed by atoms with E-state index in [1.165, 1.54) is 0 Å². The predicted octanol–water partition coefficient (Wildman–Crippen LogP) is 0.645. The van der Waals surface area contributed by atoms with E-state index in [0.717, 1.165) is 6.54 Å². The second kappa shape index (κ2) is 9.63. The summed E-state index contributed by atoms with van der Waals surface area (Å²) in [4.78, 5) is 11.9. The van der Waals surface area contributed by atoms with Crippen molar-refractivity contribution in [2.24, 2.45) is 0 Å². The zero-order valence-electron chi connectivity index (χ0n) is 12.6. The molecule has 1 saturated heterocycles. The smallest absolute Gasteiger partial charge is 0.221 e. The van der Waals surface area contributed by atoms with E-state index >= 15 is 0 Å². The first kappa shape index (κ1) is 18.7. The molecule has 0 radical (unpaired) electrons. The molecule has 22 heavy (non-hydrogen) atoms. The Bertz CT molecular complexity index is 467. The molecule has 2 rings (SSSR count). The third-order valence-electron chi connectivity index (χ3n) is 3.42. The number of benzene rings is 1. The van der Waals surface area contributed by atoms with E-state index in [9.17, 15) is 9.90 Å². The van der Waals surface area contributed by atoms with Crippen molar-refractivity contribution >= 4 is 18.3 Å². The van der Waals surface area contributed by atoms with Crippen LogP contribution in [0.4, 0.5) is 0 Å². The number of halogens is 1. The minimum atomic E-state index is -0.791. The summed E-state index contributed by atoms with van der Waals surface area (Å²) in [6.45, 7) is 2.15. The maximum atomic E-state index is 11.9. The summed E-state index contributed by atoms with van der Waals surface area (Å²) in [5.41, 5.74) is 0.666. The number of methoxy groups -OCH3 is 1. The van der Waals surface area contributed by atoms with Crippen LogP contribution in [-0.2, 0) is 9.53 Å². The summed E-state index contributed by atoms with van der Waals surface area (Å²) < 4.78 is 10.5. The third kappa shape index (κ3) is 5.46. The molecule has 1 fully saturated rings. The molecule has 7 heteroatoms. The van der Waals surface area contributed by atoms with Crippen molar-refractivity contribution in [3.8, 4) is 5.75 Å². The predicted molar refractivity (Wildman–Crippen MR) is 85.4 cm³/mol. The topological polar surface area (TPSA) is 79.8 Å². The number of morpholine rings is 1. The number of carbonyl (C=O) groups is 1. The summed E-state index contributed by atoms with van der Waals surface area (Å²) in [5.74, 6) is 0.508. The number of hydrogen-bond donors (Lipinski definition) is 3. The fourth-order valence-electron chi connectivity index (χ4n) is 2.31. The summed E-state index contributed by atoms with van der Waals surface area (Å²) in [7, 11) is 1.55. The molecule has 0 bridgehead atoms. The molecule has 0 saturated carbocycles. The molecular formula is C15H23ClN2O4. The van der Waals surface area contributed by atoms with Gasteiger partial charge in [-0.25, -0.2) is 0 Å². The molecular weight excluding hydrogens is 308 g/mol. The normalized spacial score (nSPS) is 18.9. The Labute approximate surface area is 136 Å². The fourth-order valence-corrected chi connectivity index (χ4v) is 2.31. The lowest BCUT2D eigenvalue weighted by molar-refractivity contribution is -0.122. The van der Waals surface area contributed by atoms with Crippen LogP contribution >= 0.6 is 12.4 Å². The van der Waals surface area contributed by atoms with Gasteiger partial charge in [-0.2, -0.15) is 0 Å². The first-order valence-electron chi connectivity index (χ1n) is 7.09. The number of nitrogens with one attached hydrogen (secondary N) is 2. The average Bonchev–Trinajstić information content (AvgIpc) is 2.53. The molecule has 3 N–H and O–H groups in total. The quantitative estimate of drug-likeness (QED) is 0.713. The summed E-state index contributed by atoms with van der Waals surface area (Å²) in [6.07, 6.45) is -0.445. The van der Waals surface area contributed by atoms with E-state index in [1.807, 2.05) is 12.1 Å². The monoisotopic (exact) mass is 330 g/mol. The maximum absolute atomic E-state index is 11.9. The number of aliphatic hydroxyl groups is 1. The number of para-hydroxylation sites is 1. The summed E-state index contributed by atoms with van der Waals surface area (Å²) >= 11 is 0. The maximum Gasteiger partial charge on any atom is 0.221 e. The van der Waals surface area contributed by atoms with Crippen molar-refractivity contribution in [1.29, 1.82) is 0 Å². The Balaban J connectivity index is 0.00000242. The number of hydrogen-bond acceptors (Lipinski definition) is 5. The Morgan fingerprint density at radius 1 is 1.55 bits per heavy atom. The second-order valence-electron chi connectivity index (χ2n) is 4.99. The van der Waals surface area contributed by atoms with Gasteiger partial charge in [-0.1, -0.05) is 18.2 Å². The molecule has 1 aliphatic rings. The van der Waals surface area contributed by atoms with E-state index in [4.69, 9.17) is 9.47 Å². The molecule has 1 aromatic carbocycles. The minimum Gasteiger partial charge on any atom is -0.496 e. The van der Waals surface area contributed by atoms with Crippen LogP contribution in [0, 0.1) is 0 Å². The van der Waals surface area contributed by atoms with Gasteiger partial charge in [-0.05, 0) is 6.07 Å². The Hall–Kier alpha value is -1.34. The van der Waals surface area contributed by atoms with Gasteiger partial charge in [-0.15, -0.1) is 12.4 Å². The molecule has 0 aliphatic carbocycles. The molecule has 0 aromatic heterocycles. The SMILES string of the molecule is COc1ccccc1C(O)CNC(=O)CC1COCCN1.Cl. The van der Waals surface area contributed by atoms with Gasteiger partial charge in [0.1, 0.15) is 5.75 Å². The number of aliphatic hydroxyl groups excluding tert-OH is 1. The lowest BCUT2D eigenvalue weighted by Gasteiger charge is -2.23. The summed E-state index contributed by atoms with van der Waals surface area (Å²) in [6, 6.07) is 7.27. The molecule has 6 nitrogen and oxygen atoms in total. The van der Waals surface area contributed by atoms with Gasteiger partial charge in [0.2, 0.25) is 5.91 Å². The van der Waals surface area contributed by atoms with Crippen molar-refractivity contribution in [2.45, 2.75) is 18.6 Å². The standard InChI is InChI=1S/C15H22N2O4.ClH/c1-20-14-5-3-2-4-12(14)13(18)9-17-15(19)8-11-10-21-7-6-16-11;/h2-5,11,13,16,18H,6-10H2,1H3,(H,17,19);1H. The van der Waals surface area contributed by atoms with Crippen LogP contribution in [-0.4, -0.2) is 50.5 Å². The van der Waals surface area contributed by atoms with Crippen LogP contribution in [0.15, 0.2) is 24.3 Å². The van der Waals surface area contributed by atoms with Gasteiger partial charge < -0.3 is 25.2 Å². The Morgan fingerprint density at radius 2 is 2.32 bits per heavy atom. The fraction of sp³-hybridized carbons (Fsp3) is 0.533. The minimum absolute atomic E-state index is 0. The average molecular weight is 331 g/mol. The number of carbonyl (C=O) groups excluding carboxylic acids is 1. The van der Waals surface area contributed by atoms with Crippen LogP contribution < -0.4 is 15.4 Å². The highest BCUT2D eigenvalue weighted by molar-refractivity contribution is 5.85. The van der Waals surface area contributed by atoms with Gasteiger partial charge in [0.25, 0.3) is 0 Å². The molecule has 1 aliphatic heterocycles. The van der Waals surface area contributed by atoms with Crippen LogP contribution in [0.3, 0.4) is 0 Å². The molecule has 124 valence electrons. The van der Waals surface area contributed by atoms with E-state index in [0.29, 0.717) is 30.9 Å². The largest absolute Gasteiger partial charge is 0.496 e. The van der Waals surface area contributed by atoms with Crippen LogP contribution in [0.2, 0.25) is 0 Å². The zero-order valence-corrected chi connectivity index (χ0v) is 13.4. The highest BCUT2D eigenvalue weighted by Crippen LogP contribution is 2.23. The van der Waals surface area contributed by atoms with Crippen molar-refractivity contribution in [3.63, 3.8) is 0 Å². The third-order valence-corrected chi connectivity index (χ3v) is 3.42. The van der Waals surface area contributed by atoms with Crippen molar-refractivity contribution in [2.75, 3.05) is 33.4 Å². The first-order valence-corrected chi connectivity index (χ1v) is 7.09. The van der Waals surface area contributed by atoms with E-state index in [-0.39, 0.29) is 30.9 Å². The second-order valence-corrected chi connectivity index (χ2v) is 4.99. The van der Waals surface area contributed by atoms with Crippen LogP contribution in [0.1, 0.15) is 18.1 Å². The molecule has 1 amide bonds. The lowest BCUT2D eigenvalue weighted by Crippen LogP contribution is -2.44. The van der Waals surface area contributed by atoms with Crippen molar-refractivity contribution in [3.05, 3.63) is 29.8 Å². The van der Waals surface area contributed by atoms with Crippen molar-refractivity contribution < 1.29 is 19.4 Å². The van der Waals surface area contributed by atoms with E-state index in [1.54, 1.807) is 19.2 Å². The molecule has 1 aromatic rings. The van der Waals surface area contributed by atoms with E-state index < -0.39 is 6.10 Å².